The summed E-state index contributed by atoms with van der Waals surface area (Å²) in [5, 5.41) is 11.6. The summed E-state index contributed by atoms with van der Waals surface area (Å²) < 4.78 is 44.9. The van der Waals surface area contributed by atoms with Gasteiger partial charge in [-0.2, -0.15) is 22.8 Å². The number of ether oxygens (including phenoxy) is 1. The first-order valence-corrected chi connectivity index (χ1v) is 8.09. The Bertz CT molecular complexity index is 1060. The van der Waals surface area contributed by atoms with Gasteiger partial charge >= 0.3 is 6.18 Å². The molecule has 0 saturated carbocycles. The van der Waals surface area contributed by atoms with Crippen LogP contribution in [-0.4, -0.2) is 26.0 Å². The fourth-order valence-electron chi connectivity index (χ4n) is 2.60. The van der Waals surface area contributed by atoms with Gasteiger partial charge in [0, 0.05) is 5.56 Å². The highest BCUT2D eigenvalue weighted by molar-refractivity contribution is 5.61. The number of hydrogen-bond donors (Lipinski definition) is 0. The molecule has 27 heavy (non-hydrogen) atoms. The molecule has 4 aromatic rings. The zero-order valence-corrected chi connectivity index (χ0v) is 13.9. The van der Waals surface area contributed by atoms with Crippen molar-refractivity contribution in [2.45, 2.75) is 12.6 Å². The van der Waals surface area contributed by atoms with E-state index in [0.717, 1.165) is 10.1 Å². The van der Waals surface area contributed by atoms with Crippen molar-refractivity contribution in [2.75, 3.05) is 0 Å². The van der Waals surface area contributed by atoms with Crippen molar-refractivity contribution < 1.29 is 17.9 Å². The molecule has 0 aliphatic carbocycles. The van der Waals surface area contributed by atoms with E-state index < -0.39 is 12.6 Å². The number of para-hydroxylation sites is 1. The quantitative estimate of drug-likeness (QED) is 0.523. The molecule has 0 fully saturated rings. The normalized spacial score (nSPS) is 11.7. The minimum Gasteiger partial charge on any atom is -0.457 e. The van der Waals surface area contributed by atoms with Crippen LogP contribution in [0.4, 0.5) is 13.2 Å². The molecule has 0 radical (unpaired) electrons. The third kappa shape index (κ3) is 3.89. The average Bonchev–Trinajstić information content (AvgIpc) is 3.04. The molecule has 8 heteroatoms. The van der Waals surface area contributed by atoms with Crippen LogP contribution in [0.2, 0.25) is 0 Å². The van der Waals surface area contributed by atoms with Crippen LogP contribution in [0.15, 0.2) is 66.7 Å². The number of nitrogens with zero attached hydrogens (tertiary/aromatic N) is 4. The minimum absolute atomic E-state index is 0.247. The summed E-state index contributed by atoms with van der Waals surface area (Å²) in [5.74, 6) is 1.11. The highest BCUT2D eigenvalue weighted by atomic mass is 19.4. The van der Waals surface area contributed by atoms with E-state index in [1.165, 1.54) is 0 Å². The molecule has 5 nitrogen and oxygen atoms in total. The number of halogens is 3. The van der Waals surface area contributed by atoms with Crippen LogP contribution in [0.1, 0.15) is 5.82 Å². The Kier molecular flexibility index (Phi) is 4.23. The maximum Gasteiger partial charge on any atom is 0.396 e. The Morgan fingerprint density at radius 1 is 0.815 bits per heavy atom. The summed E-state index contributed by atoms with van der Waals surface area (Å²) in [5.41, 5.74) is 1.52. The molecular weight excluding hydrogens is 357 g/mol. The third-order valence-corrected chi connectivity index (χ3v) is 3.81. The number of alkyl halides is 3. The topological polar surface area (TPSA) is 52.3 Å². The molecule has 2 aromatic heterocycles. The van der Waals surface area contributed by atoms with Gasteiger partial charge in [-0.05, 0) is 48.5 Å². The monoisotopic (exact) mass is 370 g/mol. The van der Waals surface area contributed by atoms with Crippen molar-refractivity contribution in [3.05, 3.63) is 72.6 Å². The van der Waals surface area contributed by atoms with Gasteiger partial charge < -0.3 is 4.74 Å². The first-order valence-electron chi connectivity index (χ1n) is 8.09. The number of fused-ring (bicyclic) bond motifs is 1. The molecule has 136 valence electrons. The number of aromatic nitrogens is 4. The van der Waals surface area contributed by atoms with Gasteiger partial charge in [0.1, 0.15) is 17.9 Å². The fraction of sp³-hybridized carbons (Fsp3) is 0.105. The first kappa shape index (κ1) is 17.0. The largest absolute Gasteiger partial charge is 0.457 e. The second-order valence-corrected chi connectivity index (χ2v) is 5.84. The minimum atomic E-state index is -4.38. The van der Waals surface area contributed by atoms with Crippen molar-refractivity contribution in [1.82, 2.24) is 19.8 Å². The summed E-state index contributed by atoms with van der Waals surface area (Å²) in [6.45, 7) is 0. The van der Waals surface area contributed by atoms with E-state index in [9.17, 15) is 13.2 Å². The maximum absolute atomic E-state index is 12.7. The molecule has 0 N–H and O–H groups in total. The SMILES string of the molecule is FC(F)(F)Cc1nnc2ccc(-c3ccc(Oc4ccccc4)cc3)nn12. The van der Waals surface area contributed by atoms with Crippen LogP contribution in [0.5, 0.6) is 11.5 Å². The molecule has 0 saturated heterocycles. The van der Waals surface area contributed by atoms with E-state index in [-0.39, 0.29) is 11.5 Å². The third-order valence-electron chi connectivity index (χ3n) is 3.81. The second-order valence-electron chi connectivity index (χ2n) is 5.84. The summed E-state index contributed by atoms with van der Waals surface area (Å²) >= 11 is 0. The molecule has 0 spiro atoms. The fourth-order valence-corrected chi connectivity index (χ4v) is 2.60. The predicted molar refractivity (Wildman–Crippen MR) is 92.5 cm³/mol. The van der Waals surface area contributed by atoms with E-state index in [4.69, 9.17) is 4.74 Å². The van der Waals surface area contributed by atoms with Gasteiger partial charge in [0.05, 0.1) is 5.69 Å². The number of hydrogen-bond acceptors (Lipinski definition) is 4. The molecule has 0 aliphatic heterocycles. The molecule has 2 aromatic carbocycles. The molecule has 4 rings (SSSR count). The van der Waals surface area contributed by atoms with Crippen molar-refractivity contribution in [1.29, 1.82) is 0 Å². The van der Waals surface area contributed by atoms with Crippen molar-refractivity contribution >= 4 is 5.65 Å². The lowest BCUT2D eigenvalue weighted by atomic mass is 10.1. The Labute approximate surface area is 152 Å². The molecule has 0 bridgehead atoms. The summed E-state index contributed by atoms with van der Waals surface area (Å²) in [7, 11) is 0. The average molecular weight is 370 g/mol. The van der Waals surface area contributed by atoms with Crippen molar-refractivity contribution in [3.8, 4) is 22.8 Å². The summed E-state index contributed by atoms with van der Waals surface area (Å²) in [6, 6.07) is 19.7. The van der Waals surface area contributed by atoms with Crippen molar-refractivity contribution in [2.24, 2.45) is 0 Å². The van der Waals surface area contributed by atoms with Gasteiger partial charge in [-0.25, -0.2) is 0 Å². The Hall–Kier alpha value is -3.42. The van der Waals surface area contributed by atoms with E-state index in [1.54, 1.807) is 36.4 Å². The maximum atomic E-state index is 12.7. The van der Waals surface area contributed by atoms with Gasteiger partial charge in [-0.1, -0.05) is 18.2 Å². The van der Waals surface area contributed by atoms with Gasteiger partial charge in [0.15, 0.2) is 11.5 Å². The summed E-state index contributed by atoms with van der Waals surface area (Å²) in [4.78, 5) is 0. The summed E-state index contributed by atoms with van der Waals surface area (Å²) in [6.07, 6.45) is -5.56. The van der Waals surface area contributed by atoms with Crippen LogP contribution in [0.25, 0.3) is 16.9 Å². The molecule has 0 amide bonds. The van der Waals surface area contributed by atoms with E-state index >= 15 is 0 Å². The van der Waals surface area contributed by atoms with Gasteiger partial charge in [-0.15, -0.1) is 10.2 Å². The number of benzene rings is 2. The molecule has 0 unspecified atom stereocenters. The zero-order chi connectivity index (χ0) is 18.9. The smallest absolute Gasteiger partial charge is 0.396 e. The van der Waals surface area contributed by atoms with Crippen LogP contribution in [0, 0.1) is 0 Å². The van der Waals surface area contributed by atoms with Crippen LogP contribution in [-0.2, 0) is 6.42 Å². The lowest BCUT2D eigenvalue weighted by Gasteiger charge is -2.07. The molecule has 0 aliphatic rings. The second kappa shape index (κ2) is 6.71. The Morgan fingerprint density at radius 2 is 1.52 bits per heavy atom. The van der Waals surface area contributed by atoms with E-state index in [2.05, 4.69) is 15.3 Å². The zero-order valence-electron chi connectivity index (χ0n) is 13.9. The lowest BCUT2D eigenvalue weighted by molar-refractivity contribution is -0.128. The number of rotatable bonds is 4. The Morgan fingerprint density at radius 3 is 2.22 bits per heavy atom. The highest BCUT2D eigenvalue weighted by Gasteiger charge is 2.30. The lowest BCUT2D eigenvalue weighted by Crippen LogP contribution is -2.15. The van der Waals surface area contributed by atoms with Gasteiger partial charge in [0.2, 0.25) is 0 Å². The molecule has 0 atom stereocenters. The van der Waals surface area contributed by atoms with Crippen molar-refractivity contribution in [3.63, 3.8) is 0 Å². The predicted octanol–water partition coefficient (Wildman–Crippen LogP) is 4.69. The Balaban J connectivity index is 1.61. The van der Waals surface area contributed by atoms with E-state index in [0.29, 0.717) is 17.2 Å². The van der Waals surface area contributed by atoms with Gasteiger partial charge in [0.25, 0.3) is 0 Å². The molecular formula is C19H13F3N4O. The van der Waals surface area contributed by atoms with Crippen LogP contribution < -0.4 is 4.74 Å². The van der Waals surface area contributed by atoms with E-state index in [1.807, 2.05) is 30.3 Å². The van der Waals surface area contributed by atoms with Gasteiger partial charge in [-0.3, -0.25) is 0 Å². The first-order chi connectivity index (χ1) is 13.0. The molecule has 2 heterocycles. The van der Waals surface area contributed by atoms with Crippen LogP contribution >= 0.6 is 0 Å². The standard InChI is InChI=1S/C19H13F3N4O/c20-19(21,22)12-18-24-23-17-11-10-16(25-26(17)18)13-6-8-15(9-7-13)27-14-4-2-1-3-5-14/h1-11H,12H2. The van der Waals surface area contributed by atoms with Crippen LogP contribution in [0.3, 0.4) is 0 Å². The highest BCUT2D eigenvalue weighted by Crippen LogP contribution is 2.25.